The first kappa shape index (κ1) is 16.4. The third-order valence-electron chi connectivity index (χ3n) is 4.54. The molecular formula is C19H21FN2O2. The van der Waals surface area contributed by atoms with Gasteiger partial charge in [-0.05, 0) is 55.0 Å². The lowest BCUT2D eigenvalue weighted by atomic mass is 9.98. The van der Waals surface area contributed by atoms with Crippen molar-refractivity contribution in [2.45, 2.75) is 19.8 Å². The maximum absolute atomic E-state index is 13.7. The molecule has 0 amide bonds. The smallest absolute Gasteiger partial charge is 0.341 e. The van der Waals surface area contributed by atoms with E-state index in [1.807, 2.05) is 12.1 Å². The van der Waals surface area contributed by atoms with Crippen molar-refractivity contribution in [3.05, 3.63) is 59.0 Å². The summed E-state index contributed by atoms with van der Waals surface area (Å²) in [6.07, 6.45) is 3.51. The predicted octanol–water partition coefficient (Wildman–Crippen LogP) is 3.38. The molecule has 0 bridgehead atoms. The summed E-state index contributed by atoms with van der Waals surface area (Å²) in [5.74, 6) is 0.559. The standard InChI is InChI=1S/C19H21FN2O2/c1-13-5-6-14(11-17(13)20)10-15-7-9-22(12-15)18-16(19(23)24-2)4-3-8-21-18/h3-6,8,11,15H,7,9-10,12H2,1-2H3. The lowest BCUT2D eigenvalue weighted by molar-refractivity contribution is 0.0601. The van der Waals surface area contributed by atoms with Crippen LogP contribution in [-0.2, 0) is 11.2 Å². The molecule has 1 aliphatic heterocycles. The number of esters is 1. The number of benzene rings is 1. The van der Waals surface area contributed by atoms with Crippen LogP contribution in [0.5, 0.6) is 0 Å². The molecule has 1 aromatic carbocycles. The van der Waals surface area contributed by atoms with Crippen LogP contribution < -0.4 is 4.90 Å². The van der Waals surface area contributed by atoms with Crippen LogP contribution in [0.15, 0.2) is 36.5 Å². The van der Waals surface area contributed by atoms with Crippen molar-refractivity contribution in [2.75, 3.05) is 25.1 Å². The second kappa shape index (κ2) is 6.99. The molecule has 2 aromatic rings. The van der Waals surface area contributed by atoms with Gasteiger partial charge in [-0.2, -0.15) is 0 Å². The van der Waals surface area contributed by atoms with E-state index >= 15 is 0 Å². The van der Waals surface area contributed by atoms with Gasteiger partial charge in [0.05, 0.1) is 7.11 Å². The lowest BCUT2D eigenvalue weighted by Gasteiger charge is -2.19. The van der Waals surface area contributed by atoms with Crippen LogP contribution >= 0.6 is 0 Å². The topological polar surface area (TPSA) is 42.4 Å². The van der Waals surface area contributed by atoms with Crippen LogP contribution in [0.25, 0.3) is 0 Å². The number of halogens is 1. The molecule has 4 nitrogen and oxygen atoms in total. The van der Waals surface area contributed by atoms with Gasteiger partial charge in [-0.25, -0.2) is 14.2 Å². The third kappa shape index (κ3) is 3.40. The average molecular weight is 328 g/mol. The van der Waals surface area contributed by atoms with Gasteiger partial charge in [0, 0.05) is 19.3 Å². The monoisotopic (exact) mass is 328 g/mol. The Hall–Kier alpha value is -2.43. The fourth-order valence-electron chi connectivity index (χ4n) is 3.21. The second-order valence-corrected chi connectivity index (χ2v) is 6.25. The summed E-state index contributed by atoms with van der Waals surface area (Å²) in [6.45, 7) is 3.41. The number of carbonyl (C=O) groups is 1. The van der Waals surface area contributed by atoms with E-state index in [1.54, 1.807) is 31.3 Å². The maximum atomic E-state index is 13.7. The van der Waals surface area contributed by atoms with E-state index in [1.165, 1.54) is 7.11 Å². The molecule has 1 saturated heterocycles. The van der Waals surface area contributed by atoms with Gasteiger partial charge in [-0.15, -0.1) is 0 Å². The van der Waals surface area contributed by atoms with Gasteiger partial charge in [0.25, 0.3) is 0 Å². The molecule has 5 heteroatoms. The molecule has 0 spiro atoms. The van der Waals surface area contributed by atoms with Gasteiger partial charge < -0.3 is 9.64 Å². The molecule has 1 aliphatic rings. The van der Waals surface area contributed by atoms with Crippen molar-refractivity contribution < 1.29 is 13.9 Å². The highest BCUT2D eigenvalue weighted by molar-refractivity contribution is 5.94. The first-order valence-corrected chi connectivity index (χ1v) is 8.12. The summed E-state index contributed by atoms with van der Waals surface area (Å²) in [4.78, 5) is 18.4. The zero-order valence-electron chi connectivity index (χ0n) is 14.0. The van der Waals surface area contributed by atoms with Gasteiger partial charge in [0.1, 0.15) is 17.2 Å². The van der Waals surface area contributed by atoms with Crippen molar-refractivity contribution in [1.29, 1.82) is 0 Å². The number of anilines is 1. The molecular weight excluding hydrogens is 307 g/mol. The number of aromatic nitrogens is 1. The Kier molecular flexibility index (Phi) is 4.79. The van der Waals surface area contributed by atoms with Crippen LogP contribution in [0.2, 0.25) is 0 Å². The van der Waals surface area contributed by atoms with E-state index in [9.17, 15) is 9.18 Å². The first-order valence-electron chi connectivity index (χ1n) is 8.12. The van der Waals surface area contributed by atoms with Crippen LogP contribution in [0.1, 0.15) is 27.9 Å². The highest BCUT2D eigenvalue weighted by Gasteiger charge is 2.27. The molecule has 1 unspecified atom stereocenters. The number of hydrogen-bond acceptors (Lipinski definition) is 4. The van der Waals surface area contributed by atoms with Crippen LogP contribution in [0, 0.1) is 18.7 Å². The number of pyridine rings is 1. The Bertz CT molecular complexity index is 748. The molecule has 2 heterocycles. The summed E-state index contributed by atoms with van der Waals surface area (Å²) in [5.41, 5.74) is 2.17. The number of methoxy groups -OCH3 is 1. The zero-order chi connectivity index (χ0) is 17.1. The van der Waals surface area contributed by atoms with Crippen LogP contribution in [0.4, 0.5) is 10.2 Å². The Morgan fingerprint density at radius 1 is 1.42 bits per heavy atom. The Labute approximate surface area is 141 Å². The summed E-state index contributed by atoms with van der Waals surface area (Å²) in [7, 11) is 1.37. The predicted molar refractivity (Wildman–Crippen MR) is 90.7 cm³/mol. The van der Waals surface area contributed by atoms with E-state index < -0.39 is 0 Å². The number of carbonyl (C=O) groups excluding carboxylic acids is 1. The van der Waals surface area contributed by atoms with Crippen LogP contribution in [0.3, 0.4) is 0 Å². The minimum atomic E-state index is -0.373. The molecule has 0 aliphatic carbocycles. The van der Waals surface area contributed by atoms with Gasteiger partial charge in [0.2, 0.25) is 0 Å². The number of rotatable bonds is 4. The fraction of sp³-hybridized carbons (Fsp3) is 0.368. The Balaban J connectivity index is 1.72. The molecule has 3 rings (SSSR count). The fourth-order valence-corrected chi connectivity index (χ4v) is 3.21. The number of nitrogens with zero attached hydrogens (tertiary/aromatic N) is 2. The lowest BCUT2D eigenvalue weighted by Crippen LogP contribution is -2.24. The van der Waals surface area contributed by atoms with E-state index in [0.717, 1.165) is 31.5 Å². The molecule has 0 saturated carbocycles. The third-order valence-corrected chi connectivity index (χ3v) is 4.54. The summed E-state index contributed by atoms with van der Waals surface area (Å²) < 4.78 is 18.5. The van der Waals surface area contributed by atoms with Crippen molar-refractivity contribution in [3.63, 3.8) is 0 Å². The first-order chi connectivity index (χ1) is 11.6. The Morgan fingerprint density at radius 3 is 3.00 bits per heavy atom. The number of hydrogen-bond donors (Lipinski definition) is 0. The highest BCUT2D eigenvalue weighted by atomic mass is 19.1. The minimum Gasteiger partial charge on any atom is -0.465 e. The van der Waals surface area contributed by atoms with Gasteiger partial charge in [-0.3, -0.25) is 0 Å². The van der Waals surface area contributed by atoms with Crippen molar-refractivity contribution >= 4 is 11.8 Å². The largest absolute Gasteiger partial charge is 0.465 e. The molecule has 1 fully saturated rings. The van der Waals surface area contributed by atoms with Crippen molar-refractivity contribution in [2.24, 2.45) is 5.92 Å². The SMILES string of the molecule is COC(=O)c1cccnc1N1CCC(Cc2ccc(C)c(F)c2)C1. The summed E-state index contributed by atoms with van der Waals surface area (Å²) in [6, 6.07) is 8.90. The molecule has 0 radical (unpaired) electrons. The zero-order valence-corrected chi connectivity index (χ0v) is 14.0. The summed E-state index contributed by atoms with van der Waals surface area (Å²) in [5, 5.41) is 0. The molecule has 1 aromatic heterocycles. The van der Waals surface area contributed by atoms with Gasteiger partial charge >= 0.3 is 5.97 Å². The number of aryl methyl sites for hydroxylation is 1. The summed E-state index contributed by atoms with van der Waals surface area (Å²) >= 11 is 0. The molecule has 24 heavy (non-hydrogen) atoms. The molecule has 1 atom stereocenters. The Morgan fingerprint density at radius 2 is 2.25 bits per heavy atom. The minimum absolute atomic E-state index is 0.153. The van der Waals surface area contributed by atoms with Crippen molar-refractivity contribution in [1.82, 2.24) is 4.98 Å². The van der Waals surface area contributed by atoms with Gasteiger partial charge in [0.15, 0.2) is 0 Å². The van der Waals surface area contributed by atoms with Gasteiger partial charge in [-0.1, -0.05) is 12.1 Å². The average Bonchev–Trinajstić information content (AvgIpc) is 3.06. The van der Waals surface area contributed by atoms with E-state index in [4.69, 9.17) is 4.74 Å². The normalized spacial score (nSPS) is 17.1. The maximum Gasteiger partial charge on any atom is 0.341 e. The quantitative estimate of drug-likeness (QED) is 0.807. The highest BCUT2D eigenvalue weighted by Crippen LogP contribution is 2.28. The van der Waals surface area contributed by atoms with E-state index in [0.29, 0.717) is 22.9 Å². The molecule has 0 N–H and O–H groups in total. The van der Waals surface area contributed by atoms with Crippen LogP contribution in [-0.4, -0.2) is 31.2 Å². The molecule has 126 valence electrons. The van der Waals surface area contributed by atoms with E-state index in [2.05, 4.69) is 9.88 Å². The number of ether oxygens (including phenoxy) is 1. The van der Waals surface area contributed by atoms with Crippen molar-refractivity contribution in [3.8, 4) is 0 Å². The second-order valence-electron chi connectivity index (χ2n) is 6.25. The van der Waals surface area contributed by atoms with E-state index in [-0.39, 0.29) is 11.8 Å².